The van der Waals surface area contributed by atoms with Crippen LogP contribution in [0.4, 0.5) is 0 Å². The van der Waals surface area contributed by atoms with Crippen molar-refractivity contribution in [2.45, 2.75) is 39.3 Å². The van der Waals surface area contributed by atoms with E-state index in [0.717, 1.165) is 61.5 Å². The maximum atomic E-state index is 14.0. The number of para-hydroxylation sites is 1. The molecule has 1 atom stereocenters. The highest BCUT2D eigenvalue weighted by atomic mass is 16.5. The van der Waals surface area contributed by atoms with Gasteiger partial charge >= 0.3 is 0 Å². The van der Waals surface area contributed by atoms with Crippen molar-refractivity contribution in [2.75, 3.05) is 39.8 Å². The third-order valence-corrected chi connectivity index (χ3v) is 9.05. The number of nitrogens with zero attached hydrogens (tertiary/aromatic N) is 3. The number of aryl methyl sites for hydroxylation is 1. The lowest BCUT2D eigenvalue weighted by Crippen LogP contribution is -2.48. The molecule has 0 bridgehead atoms. The van der Waals surface area contributed by atoms with Crippen LogP contribution in [-0.2, 0) is 17.9 Å². The van der Waals surface area contributed by atoms with Crippen LogP contribution in [0.15, 0.2) is 103 Å². The minimum atomic E-state index is -0.157. The van der Waals surface area contributed by atoms with E-state index >= 15 is 0 Å². The first-order valence-corrected chi connectivity index (χ1v) is 16.0. The smallest absolute Gasteiger partial charge is 0.223 e. The number of piperazine rings is 1. The minimum Gasteiger partial charge on any atom is -0.493 e. The number of aromatic nitrogens is 1. The molecule has 1 amide bonds. The van der Waals surface area contributed by atoms with Gasteiger partial charge in [-0.2, -0.15) is 0 Å². The van der Waals surface area contributed by atoms with Gasteiger partial charge in [-0.1, -0.05) is 91.3 Å². The van der Waals surface area contributed by atoms with Gasteiger partial charge in [0.15, 0.2) is 11.5 Å². The molecule has 232 valence electrons. The summed E-state index contributed by atoms with van der Waals surface area (Å²) in [7, 11) is 1.67. The molecule has 1 aliphatic heterocycles. The summed E-state index contributed by atoms with van der Waals surface area (Å²) in [6, 6.07) is 33.5. The molecule has 1 saturated heterocycles. The zero-order valence-corrected chi connectivity index (χ0v) is 26.6. The van der Waals surface area contributed by atoms with E-state index in [2.05, 4.69) is 102 Å². The Morgan fingerprint density at radius 3 is 2.29 bits per heavy atom. The Morgan fingerprint density at radius 1 is 0.822 bits per heavy atom. The quantitative estimate of drug-likeness (QED) is 0.160. The molecule has 2 heterocycles. The summed E-state index contributed by atoms with van der Waals surface area (Å²) in [6.45, 7) is 9.88. The highest BCUT2D eigenvalue weighted by Crippen LogP contribution is 2.39. The van der Waals surface area contributed by atoms with E-state index in [1.807, 2.05) is 29.2 Å². The molecule has 1 fully saturated rings. The van der Waals surface area contributed by atoms with Gasteiger partial charge in [0.05, 0.1) is 7.11 Å². The molecule has 45 heavy (non-hydrogen) atoms. The van der Waals surface area contributed by atoms with Gasteiger partial charge in [-0.15, -0.1) is 0 Å². The summed E-state index contributed by atoms with van der Waals surface area (Å²) in [5, 5.41) is 1.17. The van der Waals surface area contributed by atoms with Gasteiger partial charge in [0.25, 0.3) is 0 Å². The fourth-order valence-electron chi connectivity index (χ4n) is 6.36. The number of amides is 1. The Morgan fingerprint density at radius 2 is 1.56 bits per heavy atom. The number of carbonyl (C=O) groups excluding carboxylic acids is 1. The fourth-order valence-corrected chi connectivity index (χ4v) is 6.36. The predicted molar refractivity (Wildman–Crippen MR) is 181 cm³/mol. The number of ether oxygens (including phenoxy) is 2. The molecule has 4 aromatic carbocycles. The van der Waals surface area contributed by atoms with Gasteiger partial charge < -0.3 is 23.8 Å². The second-order valence-electron chi connectivity index (χ2n) is 12.0. The first kappa shape index (κ1) is 30.5. The Balaban J connectivity index is 1.38. The first-order chi connectivity index (χ1) is 22.0. The highest BCUT2D eigenvalue weighted by Gasteiger charge is 2.28. The lowest BCUT2D eigenvalue weighted by Gasteiger charge is -2.35. The molecule has 6 heteroatoms. The molecule has 5 aromatic rings. The van der Waals surface area contributed by atoms with Crippen LogP contribution in [0.2, 0.25) is 0 Å². The predicted octanol–water partition coefficient (Wildman–Crippen LogP) is 7.27. The molecular formula is C39H43N3O3. The molecule has 1 aliphatic rings. The normalized spacial score (nSPS) is 14.4. The summed E-state index contributed by atoms with van der Waals surface area (Å²) in [5.41, 5.74) is 6.93. The molecule has 0 aliphatic carbocycles. The Labute approximate surface area is 266 Å². The number of hydrogen-bond donors (Lipinski definition) is 0. The van der Waals surface area contributed by atoms with Gasteiger partial charge in [-0.25, -0.2) is 0 Å². The van der Waals surface area contributed by atoms with Crippen LogP contribution >= 0.6 is 0 Å². The monoisotopic (exact) mass is 601 g/mol. The van der Waals surface area contributed by atoms with Crippen LogP contribution in [0, 0.1) is 6.92 Å². The van der Waals surface area contributed by atoms with Crippen LogP contribution in [0.1, 0.15) is 47.1 Å². The topological polar surface area (TPSA) is 46.9 Å². The molecule has 0 radical (unpaired) electrons. The van der Waals surface area contributed by atoms with Crippen molar-refractivity contribution in [3.05, 3.63) is 131 Å². The van der Waals surface area contributed by atoms with E-state index in [1.165, 1.54) is 16.5 Å². The second-order valence-corrected chi connectivity index (χ2v) is 12.0. The van der Waals surface area contributed by atoms with E-state index in [-0.39, 0.29) is 11.8 Å². The third kappa shape index (κ3) is 7.07. The summed E-state index contributed by atoms with van der Waals surface area (Å²) >= 11 is 0. The Bertz CT molecular complexity index is 1720. The van der Waals surface area contributed by atoms with Crippen LogP contribution in [-0.4, -0.2) is 60.1 Å². The van der Waals surface area contributed by atoms with E-state index < -0.39 is 0 Å². The fraction of sp³-hybridized carbons (Fsp3) is 0.308. The maximum absolute atomic E-state index is 14.0. The van der Waals surface area contributed by atoms with Gasteiger partial charge in [0.1, 0.15) is 6.61 Å². The van der Waals surface area contributed by atoms with E-state index in [9.17, 15) is 4.79 Å². The Hall–Kier alpha value is -4.55. The standard InChI is InChI=1S/C39H43N3O3/c1-4-40-20-22-41(23-21-40)39(43)25-34(32-18-19-37(44-3)38(24-32)45-28-31-10-6-5-7-11-31)35-27-42(36-13-9-8-12-33(35)36)26-30-16-14-29(2)15-17-30/h5-19,24,27,34H,4,20-23,25-26,28H2,1-3H3/t34-/m0/s1. The lowest BCUT2D eigenvalue weighted by atomic mass is 9.87. The molecule has 6 nitrogen and oxygen atoms in total. The van der Waals surface area contributed by atoms with Gasteiger partial charge in [-0.3, -0.25) is 4.79 Å². The molecule has 6 rings (SSSR count). The average molecular weight is 602 g/mol. The van der Waals surface area contributed by atoms with Crippen molar-refractivity contribution in [2.24, 2.45) is 0 Å². The molecular weight excluding hydrogens is 558 g/mol. The first-order valence-electron chi connectivity index (χ1n) is 16.0. The van der Waals surface area contributed by atoms with Crippen molar-refractivity contribution in [3.8, 4) is 11.5 Å². The molecule has 0 spiro atoms. The number of methoxy groups -OCH3 is 1. The van der Waals surface area contributed by atoms with Gasteiger partial charge in [0, 0.05) is 62.2 Å². The van der Waals surface area contributed by atoms with E-state index in [0.29, 0.717) is 24.5 Å². The lowest BCUT2D eigenvalue weighted by molar-refractivity contribution is -0.133. The molecule has 0 unspecified atom stereocenters. The number of rotatable bonds is 11. The van der Waals surface area contributed by atoms with Crippen molar-refractivity contribution in [1.29, 1.82) is 0 Å². The largest absolute Gasteiger partial charge is 0.493 e. The van der Waals surface area contributed by atoms with Gasteiger partial charge in [-0.05, 0) is 53.9 Å². The number of fused-ring (bicyclic) bond motifs is 1. The molecule has 0 saturated carbocycles. The van der Waals surface area contributed by atoms with Crippen molar-refractivity contribution >= 4 is 16.8 Å². The molecule has 1 aromatic heterocycles. The highest BCUT2D eigenvalue weighted by molar-refractivity contribution is 5.87. The van der Waals surface area contributed by atoms with Crippen LogP contribution < -0.4 is 9.47 Å². The maximum Gasteiger partial charge on any atom is 0.223 e. The summed E-state index contributed by atoms with van der Waals surface area (Å²) in [6.07, 6.45) is 2.64. The number of hydrogen-bond acceptors (Lipinski definition) is 4. The van der Waals surface area contributed by atoms with Crippen molar-refractivity contribution in [1.82, 2.24) is 14.4 Å². The third-order valence-electron chi connectivity index (χ3n) is 9.05. The van der Waals surface area contributed by atoms with E-state index in [4.69, 9.17) is 9.47 Å². The van der Waals surface area contributed by atoms with Crippen LogP contribution in [0.3, 0.4) is 0 Å². The second kappa shape index (κ2) is 14.0. The SMILES string of the molecule is CCN1CCN(C(=O)C[C@@H](c2ccc(OC)c(OCc3ccccc3)c2)c2cn(Cc3ccc(C)cc3)c3ccccc23)CC1. The van der Waals surface area contributed by atoms with Crippen molar-refractivity contribution < 1.29 is 14.3 Å². The number of carbonyl (C=O) groups is 1. The summed E-state index contributed by atoms with van der Waals surface area (Å²) < 4.78 is 14.4. The summed E-state index contributed by atoms with van der Waals surface area (Å²) in [5.74, 6) is 1.39. The zero-order chi connectivity index (χ0) is 31.2. The van der Waals surface area contributed by atoms with Crippen LogP contribution in [0.25, 0.3) is 10.9 Å². The number of likely N-dealkylation sites (N-methyl/N-ethyl adjacent to an activating group) is 1. The summed E-state index contributed by atoms with van der Waals surface area (Å²) in [4.78, 5) is 18.4. The van der Waals surface area contributed by atoms with Crippen molar-refractivity contribution in [3.63, 3.8) is 0 Å². The van der Waals surface area contributed by atoms with E-state index in [1.54, 1.807) is 7.11 Å². The molecule has 0 N–H and O–H groups in total. The van der Waals surface area contributed by atoms with Crippen LogP contribution in [0.5, 0.6) is 11.5 Å². The minimum absolute atomic E-state index is 0.157. The average Bonchev–Trinajstić information content (AvgIpc) is 3.45. The zero-order valence-electron chi connectivity index (χ0n) is 26.6. The number of benzene rings is 4. The van der Waals surface area contributed by atoms with Gasteiger partial charge in [0.2, 0.25) is 5.91 Å². The Kier molecular flexibility index (Phi) is 9.51.